The van der Waals surface area contributed by atoms with Crippen LogP contribution in [0.1, 0.15) is 31.2 Å². The van der Waals surface area contributed by atoms with Gasteiger partial charge in [0.15, 0.2) is 0 Å². The Hall–Kier alpha value is -0.540. The second-order valence-electron chi connectivity index (χ2n) is 4.36. The van der Waals surface area contributed by atoms with E-state index in [1.54, 1.807) is 0 Å². The van der Waals surface area contributed by atoms with E-state index in [-0.39, 0.29) is 0 Å². The van der Waals surface area contributed by atoms with Crippen LogP contribution in [0, 0.1) is 0 Å². The Bertz CT molecular complexity index is 286. The third kappa shape index (κ3) is 5.52. The molecule has 0 bridgehead atoms. The fraction of sp³-hybridized carbons (Fsp3) is 0.750. The molecular weight excluding hydrogens is 222 g/mol. The first-order valence-electron chi connectivity index (χ1n) is 5.94. The van der Waals surface area contributed by atoms with Crippen LogP contribution in [-0.4, -0.2) is 34.2 Å². The van der Waals surface area contributed by atoms with E-state index < -0.39 is 0 Å². The first-order chi connectivity index (χ1) is 7.72. The Morgan fingerprint density at radius 3 is 2.69 bits per heavy atom. The van der Waals surface area contributed by atoms with E-state index >= 15 is 0 Å². The van der Waals surface area contributed by atoms with Crippen LogP contribution in [0.4, 0.5) is 0 Å². The van der Waals surface area contributed by atoms with Gasteiger partial charge in [0, 0.05) is 31.2 Å². The Morgan fingerprint density at radius 2 is 2.06 bits per heavy atom. The molecule has 1 aromatic heterocycles. The maximum absolute atomic E-state index is 5.63. The summed E-state index contributed by atoms with van der Waals surface area (Å²) in [6.45, 7) is 2.14. The fourth-order valence-corrected chi connectivity index (χ4v) is 1.96. The van der Waals surface area contributed by atoms with Crippen LogP contribution >= 0.6 is 11.6 Å². The number of hydrogen-bond acceptors (Lipinski definition) is 2. The first-order valence-corrected chi connectivity index (χ1v) is 6.48. The molecule has 0 aliphatic rings. The Labute approximate surface area is 103 Å². The Morgan fingerprint density at radius 1 is 1.31 bits per heavy atom. The van der Waals surface area contributed by atoms with Crippen LogP contribution in [0.2, 0.25) is 0 Å². The average Bonchev–Trinajstić information content (AvgIpc) is 2.63. The summed E-state index contributed by atoms with van der Waals surface area (Å²) in [6.07, 6.45) is 8.95. The largest absolute Gasteiger partial charge is 0.302 e. The Balaban J connectivity index is 2.09. The molecule has 0 amide bonds. The van der Waals surface area contributed by atoms with Gasteiger partial charge in [-0.3, -0.25) is 4.68 Å². The predicted molar refractivity (Wildman–Crippen MR) is 68.7 cm³/mol. The zero-order chi connectivity index (χ0) is 11.8. The van der Waals surface area contributed by atoms with Crippen molar-refractivity contribution in [2.45, 2.75) is 32.2 Å². The molecule has 1 heterocycles. The van der Waals surface area contributed by atoms with Crippen molar-refractivity contribution < 1.29 is 0 Å². The standard InChI is InChI=1S/C12H22ClN3/c1-15(8-6-4-3-5-7-13)10-12-9-14-16(2)11-12/h9,11H,3-8,10H2,1-2H3. The van der Waals surface area contributed by atoms with Crippen molar-refractivity contribution >= 4 is 11.6 Å². The molecule has 0 aromatic carbocycles. The van der Waals surface area contributed by atoms with Crippen molar-refractivity contribution in [3.63, 3.8) is 0 Å². The van der Waals surface area contributed by atoms with Gasteiger partial charge in [-0.05, 0) is 26.4 Å². The molecule has 92 valence electrons. The van der Waals surface area contributed by atoms with E-state index in [2.05, 4.69) is 23.2 Å². The lowest BCUT2D eigenvalue weighted by Crippen LogP contribution is -2.18. The SMILES string of the molecule is CN(CCCCCCCl)Cc1cnn(C)c1. The number of hydrogen-bond donors (Lipinski definition) is 0. The van der Waals surface area contributed by atoms with Crippen LogP contribution in [-0.2, 0) is 13.6 Å². The zero-order valence-corrected chi connectivity index (χ0v) is 11.1. The quantitative estimate of drug-likeness (QED) is 0.517. The molecule has 0 saturated carbocycles. The molecular formula is C12H22ClN3. The summed E-state index contributed by atoms with van der Waals surface area (Å²) in [5, 5.41) is 4.17. The summed E-state index contributed by atoms with van der Waals surface area (Å²) < 4.78 is 1.85. The lowest BCUT2D eigenvalue weighted by molar-refractivity contribution is 0.317. The van der Waals surface area contributed by atoms with Gasteiger partial charge in [-0.15, -0.1) is 11.6 Å². The lowest BCUT2D eigenvalue weighted by atomic mass is 10.2. The number of rotatable bonds is 8. The summed E-state index contributed by atoms with van der Waals surface area (Å²) in [5.41, 5.74) is 1.28. The van der Waals surface area contributed by atoms with Gasteiger partial charge in [0.25, 0.3) is 0 Å². The van der Waals surface area contributed by atoms with Crippen LogP contribution in [0.3, 0.4) is 0 Å². The number of alkyl halides is 1. The van der Waals surface area contributed by atoms with E-state index in [1.165, 1.54) is 24.8 Å². The number of unbranched alkanes of at least 4 members (excludes halogenated alkanes) is 3. The molecule has 0 N–H and O–H groups in total. The molecule has 0 spiro atoms. The zero-order valence-electron chi connectivity index (χ0n) is 10.3. The van der Waals surface area contributed by atoms with Gasteiger partial charge in [-0.2, -0.15) is 5.10 Å². The van der Waals surface area contributed by atoms with Crippen molar-refractivity contribution in [1.82, 2.24) is 14.7 Å². The maximum atomic E-state index is 5.63. The van der Waals surface area contributed by atoms with Crippen LogP contribution in [0.15, 0.2) is 12.4 Å². The van der Waals surface area contributed by atoms with E-state index in [9.17, 15) is 0 Å². The minimum Gasteiger partial charge on any atom is -0.302 e. The summed E-state index contributed by atoms with van der Waals surface area (Å²) in [6, 6.07) is 0. The van der Waals surface area contributed by atoms with Crippen LogP contribution in [0.5, 0.6) is 0 Å². The number of halogens is 1. The van der Waals surface area contributed by atoms with Crippen molar-refractivity contribution in [3.05, 3.63) is 18.0 Å². The van der Waals surface area contributed by atoms with Crippen LogP contribution in [0.25, 0.3) is 0 Å². The molecule has 3 nitrogen and oxygen atoms in total. The maximum Gasteiger partial charge on any atom is 0.0534 e. The molecule has 0 unspecified atom stereocenters. The second-order valence-corrected chi connectivity index (χ2v) is 4.74. The van der Waals surface area contributed by atoms with Crippen molar-refractivity contribution in [2.75, 3.05) is 19.5 Å². The summed E-state index contributed by atoms with van der Waals surface area (Å²) >= 11 is 5.63. The van der Waals surface area contributed by atoms with Gasteiger partial charge in [0.05, 0.1) is 6.20 Å². The van der Waals surface area contributed by atoms with Gasteiger partial charge in [0.1, 0.15) is 0 Å². The molecule has 16 heavy (non-hydrogen) atoms. The summed E-state index contributed by atoms with van der Waals surface area (Å²) in [4.78, 5) is 2.34. The van der Waals surface area contributed by atoms with E-state index in [0.29, 0.717) is 0 Å². The third-order valence-electron chi connectivity index (χ3n) is 2.63. The fourth-order valence-electron chi connectivity index (χ4n) is 1.77. The topological polar surface area (TPSA) is 21.1 Å². The van der Waals surface area contributed by atoms with Gasteiger partial charge >= 0.3 is 0 Å². The normalized spacial score (nSPS) is 11.2. The number of aryl methyl sites for hydroxylation is 1. The molecule has 0 radical (unpaired) electrons. The van der Waals surface area contributed by atoms with Crippen LogP contribution < -0.4 is 0 Å². The van der Waals surface area contributed by atoms with Crippen molar-refractivity contribution in [3.8, 4) is 0 Å². The summed E-state index contributed by atoms with van der Waals surface area (Å²) in [5.74, 6) is 0.797. The highest BCUT2D eigenvalue weighted by Crippen LogP contribution is 2.05. The minimum atomic E-state index is 0.797. The summed E-state index contributed by atoms with van der Waals surface area (Å²) in [7, 11) is 4.12. The molecule has 0 atom stereocenters. The highest BCUT2D eigenvalue weighted by atomic mass is 35.5. The van der Waals surface area contributed by atoms with E-state index in [4.69, 9.17) is 11.6 Å². The number of aromatic nitrogens is 2. The monoisotopic (exact) mass is 243 g/mol. The molecule has 1 rings (SSSR count). The van der Waals surface area contributed by atoms with E-state index in [0.717, 1.165) is 25.4 Å². The molecule has 1 aromatic rings. The number of nitrogens with zero attached hydrogens (tertiary/aromatic N) is 3. The predicted octanol–water partition coefficient (Wildman–Crippen LogP) is 2.65. The highest BCUT2D eigenvalue weighted by Gasteiger charge is 2.01. The molecule has 0 saturated heterocycles. The minimum absolute atomic E-state index is 0.797. The van der Waals surface area contributed by atoms with Gasteiger partial charge in [-0.1, -0.05) is 12.8 Å². The Kier molecular flexibility index (Phi) is 6.50. The smallest absolute Gasteiger partial charge is 0.0534 e. The first kappa shape index (κ1) is 13.5. The van der Waals surface area contributed by atoms with Crippen molar-refractivity contribution in [1.29, 1.82) is 0 Å². The second kappa shape index (κ2) is 7.69. The van der Waals surface area contributed by atoms with E-state index in [1.807, 2.05) is 17.9 Å². The average molecular weight is 244 g/mol. The van der Waals surface area contributed by atoms with Crippen molar-refractivity contribution in [2.24, 2.45) is 7.05 Å². The van der Waals surface area contributed by atoms with Gasteiger partial charge in [0.2, 0.25) is 0 Å². The molecule has 0 aliphatic carbocycles. The third-order valence-corrected chi connectivity index (χ3v) is 2.90. The van der Waals surface area contributed by atoms with Gasteiger partial charge in [-0.25, -0.2) is 0 Å². The molecule has 4 heteroatoms. The molecule has 0 aliphatic heterocycles. The lowest BCUT2D eigenvalue weighted by Gasteiger charge is -2.15. The highest BCUT2D eigenvalue weighted by molar-refractivity contribution is 6.17. The van der Waals surface area contributed by atoms with Gasteiger partial charge < -0.3 is 4.90 Å². The molecule has 0 fully saturated rings.